The summed E-state index contributed by atoms with van der Waals surface area (Å²) in [6, 6.07) is 6.58. The highest BCUT2D eigenvalue weighted by Gasteiger charge is 2.14. The Labute approximate surface area is 92.5 Å². The molecular weight excluding hydrogens is 184 g/mol. The van der Waals surface area contributed by atoms with Crippen LogP contribution in [0, 0.1) is 0 Å². The maximum atomic E-state index is 5.69. The Kier molecular flexibility index (Phi) is 3.65. The van der Waals surface area contributed by atoms with Gasteiger partial charge in [0.25, 0.3) is 0 Å². The summed E-state index contributed by atoms with van der Waals surface area (Å²) in [6.07, 6.45) is 7.59. The highest BCUT2D eigenvalue weighted by molar-refractivity contribution is 5.43. The van der Waals surface area contributed by atoms with E-state index < -0.39 is 0 Å². The van der Waals surface area contributed by atoms with Gasteiger partial charge in [-0.3, -0.25) is 0 Å². The summed E-state index contributed by atoms with van der Waals surface area (Å²) in [5, 5.41) is 0. The van der Waals surface area contributed by atoms with E-state index in [1.807, 2.05) is 0 Å². The Morgan fingerprint density at radius 3 is 3.00 bits per heavy atom. The van der Waals surface area contributed by atoms with Gasteiger partial charge in [-0.15, -0.1) is 0 Å². The molecule has 1 nitrogen and oxygen atoms in total. The molecule has 1 aliphatic rings. The number of benzene rings is 1. The van der Waals surface area contributed by atoms with Gasteiger partial charge in [0.1, 0.15) is 5.75 Å². The SMILES string of the molecule is CCCCCCc1cccc2c1OCC2. The fourth-order valence-electron chi connectivity index (χ4n) is 2.22. The Bertz CT molecular complexity index is 317. The first kappa shape index (κ1) is 10.5. The van der Waals surface area contributed by atoms with Crippen LogP contribution in [0.2, 0.25) is 0 Å². The van der Waals surface area contributed by atoms with Gasteiger partial charge in [0.15, 0.2) is 0 Å². The van der Waals surface area contributed by atoms with Gasteiger partial charge >= 0.3 is 0 Å². The number of hydrogen-bond donors (Lipinski definition) is 0. The van der Waals surface area contributed by atoms with E-state index in [4.69, 9.17) is 4.74 Å². The van der Waals surface area contributed by atoms with Crippen LogP contribution >= 0.6 is 0 Å². The second kappa shape index (κ2) is 5.20. The summed E-state index contributed by atoms with van der Waals surface area (Å²) in [4.78, 5) is 0. The third-order valence-electron chi connectivity index (χ3n) is 3.10. The van der Waals surface area contributed by atoms with Crippen LogP contribution < -0.4 is 4.74 Å². The lowest BCUT2D eigenvalue weighted by Crippen LogP contribution is -1.92. The lowest BCUT2D eigenvalue weighted by molar-refractivity contribution is 0.353. The lowest BCUT2D eigenvalue weighted by Gasteiger charge is -2.07. The van der Waals surface area contributed by atoms with Crippen molar-refractivity contribution in [2.45, 2.75) is 45.4 Å². The monoisotopic (exact) mass is 204 g/mol. The van der Waals surface area contributed by atoms with Crippen molar-refractivity contribution in [1.29, 1.82) is 0 Å². The van der Waals surface area contributed by atoms with Gasteiger partial charge < -0.3 is 4.74 Å². The molecule has 0 aromatic heterocycles. The molecule has 0 saturated carbocycles. The van der Waals surface area contributed by atoms with Crippen LogP contribution in [0.3, 0.4) is 0 Å². The Balaban J connectivity index is 1.94. The fraction of sp³-hybridized carbons (Fsp3) is 0.571. The molecule has 1 aliphatic heterocycles. The largest absolute Gasteiger partial charge is 0.493 e. The van der Waals surface area contributed by atoms with Gasteiger partial charge in [-0.25, -0.2) is 0 Å². The van der Waals surface area contributed by atoms with Crippen molar-refractivity contribution < 1.29 is 4.74 Å². The van der Waals surface area contributed by atoms with Gasteiger partial charge in [-0.05, 0) is 24.0 Å². The number of aryl methyl sites for hydroxylation is 1. The topological polar surface area (TPSA) is 9.23 Å². The number of para-hydroxylation sites is 1. The molecule has 1 aromatic rings. The van der Waals surface area contributed by atoms with E-state index in [1.54, 1.807) is 0 Å². The van der Waals surface area contributed by atoms with Crippen LogP contribution in [-0.4, -0.2) is 6.61 Å². The first-order valence-corrected chi connectivity index (χ1v) is 6.15. The number of unbranched alkanes of at least 4 members (excludes halogenated alkanes) is 3. The zero-order valence-electron chi connectivity index (χ0n) is 9.59. The van der Waals surface area contributed by atoms with Gasteiger partial charge in [0, 0.05) is 6.42 Å². The molecule has 0 N–H and O–H groups in total. The van der Waals surface area contributed by atoms with E-state index in [-0.39, 0.29) is 0 Å². The number of ether oxygens (including phenoxy) is 1. The lowest BCUT2D eigenvalue weighted by atomic mass is 10.0. The second-order valence-electron chi connectivity index (χ2n) is 4.31. The molecule has 0 saturated heterocycles. The van der Waals surface area contributed by atoms with Crippen LogP contribution in [0.5, 0.6) is 5.75 Å². The summed E-state index contributed by atoms with van der Waals surface area (Å²) in [6.45, 7) is 3.13. The Morgan fingerprint density at radius 1 is 1.20 bits per heavy atom. The molecule has 0 bridgehead atoms. The zero-order valence-corrected chi connectivity index (χ0v) is 9.59. The van der Waals surface area contributed by atoms with Crippen molar-refractivity contribution in [3.8, 4) is 5.75 Å². The molecule has 0 atom stereocenters. The normalized spacial score (nSPS) is 13.7. The molecule has 1 aromatic carbocycles. The molecule has 0 aliphatic carbocycles. The summed E-state index contributed by atoms with van der Waals surface area (Å²) in [5.41, 5.74) is 2.82. The molecule has 15 heavy (non-hydrogen) atoms. The average Bonchev–Trinajstić information content (AvgIpc) is 2.73. The van der Waals surface area contributed by atoms with Gasteiger partial charge in [-0.1, -0.05) is 44.4 Å². The molecule has 82 valence electrons. The first-order valence-electron chi connectivity index (χ1n) is 6.15. The molecular formula is C14H20O. The third-order valence-corrected chi connectivity index (χ3v) is 3.10. The standard InChI is InChI=1S/C14H20O/c1-2-3-4-5-7-12-8-6-9-13-10-11-15-14(12)13/h6,8-9H,2-5,7,10-11H2,1H3. The minimum Gasteiger partial charge on any atom is -0.493 e. The molecule has 0 amide bonds. The summed E-state index contributed by atoms with van der Waals surface area (Å²) in [5.74, 6) is 1.19. The van der Waals surface area contributed by atoms with Crippen molar-refractivity contribution in [2.75, 3.05) is 6.61 Å². The van der Waals surface area contributed by atoms with E-state index >= 15 is 0 Å². The molecule has 1 heteroatoms. The smallest absolute Gasteiger partial charge is 0.125 e. The minimum absolute atomic E-state index is 0.876. The second-order valence-corrected chi connectivity index (χ2v) is 4.31. The minimum atomic E-state index is 0.876. The maximum Gasteiger partial charge on any atom is 0.125 e. The summed E-state index contributed by atoms with van der Waals surface area (Å²) < 4.78 is 5.69. The predicted octanol–water partition coefficient (Wildman–Crippen LogP) is 3.74. The van der Waals surface area contributed by atoms with Crippen LogP contribution in [0.4, 0.5) is 0 Å². The number of hydrogen-bond acceptors (Lipinski definition) is 1. The average molecular weight is 204 g/mol. The van der Waals surface area contributed by atoms with E-state index in [2.05, 4.69) is 25.1 Å². The van der Waals surface area contributed by atoms with Crippen molar-refractivity contribution >= 4 is 0 Å². The van der Waals surface area contributed by atoms with Gasteiger partial charge in [0.05, 0.1) is 6.61 Å². The molecule has 0 radical (unpaired) electrons. The van der Waals surface area contributed by atoms with E-state index in [1.165, 1.54) is 49.0 Å². The summed E-state index contributed by atoms with van der Waals surface area (Å²) in [7, 11) is 0. The third kappa shape index (κ3) is 2.53. The fourth-order valence-corrected chi connectivity index (χ4v) is 2.22. The van der Waals surface area contributed by atoms with Crippen LogP contribution in [0.25, 0.3) is 0 Å². The highest BCUT2D eigenvalue weighted by atomic mass is 16.5. The van der Waals surface area contributed by atoms with Gasteiger partial charge in [-0.2, -0.15) is 0 Å². The first-order chi connectivity index (χ1) is 7.42. The number of rotatable bonds is 5. The summed E-state index contributed by atoms with van der Waals surface area (Å²) >= 11 is 0. The van der Waals surface area contributed by atoms with Crippen molar-refractivity contribution in [3.05, 3.63) is 29.3 Å². The molecule has 0 unspecified atom stereocenters. The van der Waals surface area contributed by atoms with Crippen LogP contribution in [0.15, 0.2) is 18.2 Å². The van der Waals surface area contributed by atoms with E-state index in [9.17, 15) is 0 Å². The van der Waals surface area contributed by atoms with E-state index in [0.717, 1.165) is 13.0 Å². The quantitative estimate of drug-likeness (QED) is 0.664. The molecule has 0 spiro atoms. The highest BCUT2D eigenvalue weighted by Crippen LogP contribution is 2.30. The predicted molar refractivity (Wildman–Crippen MR) is 63.5 cm³/mol. The van der Waals surface area contributed by atoms with Crippen LogP contribution in [0.1, 0.15) is 43.7 Å². The van der Waals surface area contributed by atoms with Crippen molar-refractivity contribution in [2.24, 2.45) is 0 Å². The Hall–Kier alpha value is -0.980. The van der Waals surface area contributed by atoms with Crippen molar-refractivity contribution in [1.82, 2.24) is 0 Å². The Morgan fingerprint density at radius 2 is 2.13 bits per heavy atom. The zero-order chi connectivity index (χ0) is 10.5. The molecule has 1 heterocycles. The number of fused-ring (bicyclic) bond motifs is 1. The molecule has 2 rings (SSSR count). The van der Waals surface area contributed by atoms with Gasteiger partial charge in [0.2, 0.25) is 0 Å². The van der Waals surface area contributed by atoms with Crippen molar-refractivity contribution in [3.63, 3.8) is 0 Å². The van der Waals surface area contributed by atoms with E-state index in [0.29, 0.717) is 0 Å². The molecule has 0 fully saturated rings. The maximum absolute atomic E-state index is 5.69. The van der Waals surface area contributed by atoms with Crippen LogP contribution in [-0.2, 0) is 12.8 Å².